The van der Waals surface area contributed by atoms with Crippen LogP contribution in [-0.4, -0.2) is 49.9 Å². The molecular formula is C2H9N4Si4. The molecule has 0 aromatic rings. The molecule has 0 saturated carbocycles. The Hall–Kier alpha value is 0.708. The molecule has 10 heavy (non-hydrogen) atoms. The minimum Gasteiger partial charge on any atom is -0.337 e. The van der Waals surface area contributed by atoms with E-state index >= 15 is 0 Å². The van der Waals surface area contributed by atoms with Gasteiger partial charge in [-0.3, -0.25) is 0 Å². The van der Waals surface area contributed by atoms with E-state index in [9.17, 15) is 0 Å². The van der Waals surface area contributed by atoms with Crippen molar-refractivity contribution in [3.63, 3.8) is 0 Å². The van der Waals surface area contributed by atoms with Crippen LogP contribution in [0.25, 0.3) is 0 Å². The van der Waals surface area contributed by atoms with Gasteiger partial charge in [0.2, 0.25) is 38.6 Å². The lowest BCUT2D eigenvalue weighted by Gasteiger charge is -2.24. The third-order valence-corrected chi connectivity index (χ3v) is 7.74. The third-order valence-electron chi connectivity index (χ3n) is 1.16. The maximum Gasteiger partial charge on any atom is 0.234 e. The van der Waals surface area contributed by atoms with Crippen molar-refractivity contribution in [1.29, 1.82) is 0 Å². The SMILES string of the molecule is CN1[Si]N[Si]N[Si]N[Si]1C. The average molecular weight is 201 g/mol. The zero-order chi connectivity index (χ0) is 7.40. The second kappa shape index (κ2) is 4.56. The first-order valence-electron chi connectivity index (χ1n) is 2.89. The van der Waals surface area contributed by atoms with Crippen molar-refractivity contribution in [1.82, 2.24) is 18.2 Å². The molecule has 7 radical (unpaired) electrons. The van der Waals surface area contributed by atoms with Gasteiger partial charge >= 0.3 is 0 Å². The van der Waals surface area contributed by atoms with E-state index in [-0.39, 0.29) is 0 Å². The summed E-state index contributed by atoms with van der Waals surface area (Å²) >= 11 is 0. The van der Waals surface area contributed by atoms with Crippen molar-refractivity contribution in [2.45, 2.75) is 6.55 Å². The van der Waals surface area contributed by atoms with E-state index in [1.807, 2.05) is 0 Å². The standard InChI is InChI=1S/C2H9N4Si4/c1-6-9-4-7-3-8-5-10(6)2/h3-5H,1-2H3. The van der Waals surface area contributed by atoms with Gasteiger partial charge in [-0.1, -0.05) is 0 Å². The fraction of sp³-hybridized carbons (Fsp3) is 1.00. The monoisotopic (exact) mass is 201 g/mol. The first kappa shape index (κ1) is 8.80. The van der Waals surface area contributed by atoms with Gasteiger partial charge in [-0.05, 0) is 13.6 Å². The Morgan fingerprint density at radius 2 is 2.10 bits per heavy atom. The van der Waals surface area contributed by atoms with Crippen LogP contribution in [-0.2, 0) is 0 Å². The molecule has 53 valence electrons. The van der Waals surface area contributed by atoms with Gasteiger partial charge in [0.1, 0.15) is 0 Å². The van der Waals surface area contributed by atoms with Gasteiger partial charge in [0, 0.05) is 0 Å². The molecule has 4 nitrogen and oxygen atoms in total. The Morgan fingerprint density at radius 1 is 1.30 bits per heavy atom. The molecule has 1 rings (SSSR count). The van der Waals surface area contributed by atoms with Crippen molar-refractivity contribution in [2.24, 2.45) is 0 Å². The lowest BCUT2D eigenvalue weighted by atomic mass is 11.6. The normalized spacial score (nSPS) is 25.8. The first-order valence-corrected chi connectivity index (χ1v) is 7.79. The van der Waals surface area contributed by atoms with Crippen LogP contribution < -0.4 is 13.9 Å². The fourth-order valence-electron chi connectivity index (χ4n) is 0.464. The molecule has 1 aliphatic rings. The van der Waals surface area contributed by atoms with Crippen LogP contribution in [0.15, 0.2) is 0 Å². The van der Waals surface area contributed by atoms with Crippen molar-refractivity contribution in [2.75, 3.05) is 7.05 Å². The number of rotatable bonds is 0. The molecule has 0 unspecified atom stereocenters. The van der Waals surface area contributed by atoms with Crippen LogP contribution in [0, 0.1) is 0 Å². The predicted molar refractivity (Wildman–Crippen MR) is 46.1 cm³/mol. The summed E-state index contributed by atoms with van der Waals surface area (Å²) in [6, 6.07) is 0. The van der Waals surface area contributed by atoms with E-state index in [2.05, 4.69) is 31.8 Å². The van der Waals surface area contributed by atoms with Crippen molar-refractivity contribution in [3.05, 3.63) is 0 Å². The smallest absolute Gasteiger partial charge is 0.234 e. The van der Waals surface area contributed by atoms with E-state index in [1.54, 1.807) is 0 Å². The summed E-state index contributed by atoms with van der Waals surface area (Å²) in [5.41, 5.74) is 0. The average Bonchev–Trinajstić information content (AvgIpc) is 1.92. The second-order valence-corrected chi connectivity index (χ2v) is 8.56. The number of nitrogens with zero attached hydrogens (tertiary/aromatic N) is 1. The summed E-state index contributed by atoms with van der Waals surface area (Å²) in [5, 5.41) is 0. The van der Waals surface area contributed by atoms with E-state index < -0.39 is 9.12 Å². The Balaban J connectivity index is 2.28. The van der Waals surface area contributed by atoms with E-state index in [0.29, 0.717) is 19.7 Å². The molecule has 0 aromatic carbocycles. The Labute approximate surface area is 70.8 Å². The lowest BCUT2D eigenvalue weighted by molar-refractivity contribution is 0.797. The molecule has 1 saturated heterocycles. The third kappa shape index (κ3) is 2.75. The van der Waals surface area contributed by atoms with Gasteiger partial charge in [-0.15, -0.1) is 0 Å². The summed E-state index contributed by atoms with van der Waals surface area (Å²) in [7, 11) is 3.90. The minimum absolute atomic E-state index is 0.442. The van der Waals surface area contributed by atoms with Gasteiger partial charge in [-0.2, -0.15) is 0 Å². The molecule has 3 N–H and O–H groups in total. The minimum atomic E-state index is -0.442. The van der Waals surface area contributed by atoms with Gasteiger partial charge in [0.15, 0.2) is 0 Å². The highest BCUT2D eigenvalue weighted by Crippen LogP contribution is 1.81. The van der Waals surface area contributed by atoms with Crippen molar-refractivity contribution in [3.8, 4) is 0 Å². The molecule has 1 fully saturated rings. The molecule has 0 aromatic heterocycles. The first-order chi connectivity index (χ1) is 4.80. The lowest BCUT2D eigenvalue weighted by Crippen LogP contribution is -2.61. The van der Waals surface area contributed by atoms with Gasteiger partial charge in [0.05, 0.1) is 0 Å². The summed E-state index contributed by atoms with van der Waals surface area (Å²) in [5.74, 6) is 0. The summed E-state index contributed by atoms with van der Waals surface area (Å²) in [6.45, 7) is 2.27. The van der Waals surface area contributed by atoms with Crippen molar-refractivity contribution < 1.29 is 0 Å². The Kier molecular flexibility index (Phi) is 4.01. The Bertz CT molecular complexity index is 89.3. The summed E-state index contributed by atoms with van der Waals surface area (Å²) in [6.07, 6.45) is 0. The quantitative estimate of drug-likeness (QED) is 0.377. The largest absolute Gasteiger partial charge is 0.337 e. The van der Waals surface area contributed by atoms with E-state index in [0.717, 1.165) is 9.84 Å². The molecule has 8 heteroatoms. The van der Waals surface area contributed by atoms with Crippen LogP contribution >= 0.6 is 0 Å². The van der Waals surface area contributed by atoms with E-state index in [4.69, 9.17) is 0 Å². The molecule has 0 spiro atoms. The van der Waals surface area contributed by atoms with Gasteiger partial charge in [-0.25, -0.2) is 0 Å². The summed E-state index contributed by atoms with van der Waals surface area (Å²) in [4.78, 5) is 0. The van der Waals surface area contributed by atoms with Crippen LogP contribution in [0.3, 0.4) is 0 Å². The second-order valence-electron chi connectivity index (χ2n) is 1.88. The fourth-order valence-corrected chi connectivity index (χ4v) is 6.30. The van der Waals surface area contributed by atoms with Crippen LogP contribution in [0.1, 0.15) is 0 Å². The Morgan fingerprint density at radius 3 is 2.90 bits per heavy atom. The van der Waals surface area contributed by atoms with Crippen LogP contribution in [0.5, 0.6) is 0 Å². The molecular weight excluding hydrogens is 192 g/mol. The zero-order valence-corrected chi connectivity index (χ0v) is 9.95. The highest BCUT2D eigenvalue weighted by Gasteiger charge is 2.14. The van der Waals surface area contributed by atoms with Gasteiger partial charge in [0.25, 0.3) is 0 Å². The highest BCUT2D eigenvalue weighted by atomic mass is 28.4. The maximum absolute atomic E-state index is 3.45. The highest BCUT2D eigenvalue weighted by molar-refractivity contribution is 6.72. The zero-order valence-electron chi connectivity index (χ0n) is 5.95. The summed E-state index contributed by atoms with van der Waals surface area (Å²) < 4.78 is 12.4. The topological polar surface area (TPSA) is 39.3 Å². The molecule has 0 amide bonds. The number of nitrogens with one attached hydrogen (secondary N) is 3. The molecule has 1 aliphatic heterocycles. The van der Waals surface area contributed by atoms with Crippen LogP contribution in [0.4, 0.5) is 0 Å². The predicted octanol–water partition coefficient (Wildman–Crippen LogP) is -2.58. The molecule has 0 atom stereocenters. The van der Waals surface area contributed by atoms with E-state index in [1.165, 1.54) is 0 Å². The molecule has 0 bridgehead atoms. The van der Waals surface area contributed by atoms with Crippen molar-refractivity contribution >= 4 is 38.6 Å². The number of hydrogen-bond donors (Lipinski definition) is 3. The van der Waals surface area contributed by atoms with Crippen LogP contribution in [0.2, 0.25) is 6.55 Å². The van der Waals surface area contributed by atoms with Gasteiger partial charge < -0.3 is 18.2 Å². The maximum atomic E-state index is 3.45. The number of hydrogen-bond acceptors (Lipinski definition) is 4. The molecule has 1 heterocycles. The molecule has 0 aliphatic carbocycles.